The molecule has 19 heavy (non-hydrogen) atoms. The van der Waals surface area contributed by atoms with Gasteiger partial charge < -0.3 is 15.7 Å². The molecule has 0 aliphatic heterocycles. The molecule has 4 heteroatoms. The van der Waals surface area contributed by atoms with Gasteiger partial charge in [-0.05, 0) is 46.2 Å². The Morgan fingerprint density at radius 1 is 1.37 bits per heavy atom. The summed E-state index contributed by atoms with van der Waals surface area (Å²) < 4.78 is 0. The molecule has 4 nitrogen and oxygen atoms in total. The van der Waals surface area contributed by atoms with Crippen molar-refractivity contribution >= 4 is 5.91 Å². The maximum atomic E-state index is 11.7. The molecule has 106 valence electrons. The van der Waals surface area contributed by atoms with Crippen molar-refractivity contribution in [3.05, 3.63) is 29.3 Å². The lowest BCUT2D eigenvalue weighted by molar-refractivity contribution is -0.121. The van der Waals surface area contributed by atoms with E-state index in [1.54, 1.807) is 6.07 Å². The highest BCUT2D eigenvalue weighted by atomic mass is 16.3. The Morgan fingerprint density at radius 3 is 2.53 bits per heavy atom. The number of benzene rings is 1. The van der Waals surface area contributed by atoms with Gasteiger partial charge in [-0.3, -0.25) is 4.79 Å². The van der Waals surface area contributed by atoms with Crippen molar-refractivity contribution in [2.75, 3.05) is 6.54 Å². The minimum Gasteiger partial charge on any atom is -0.508 e. The van der Waals surface area contributed by atoms with E-state index in [4.69, 9.17) is 0 Å². The Labute approximate surface area is 115 Å². The van der Waals surface area contributed by atoms with Gasteiger partial charge in [0, 0.05) is 17.1 Å². The molecule has 0 radical (unpaired) electrons. The van der Waals surface area contributed by atoms with E-state index in [1.807, 2.05) is 46.8 Å². The monoisotopic (exact) mass is 264 g/mol. The van der Waals surface area contributed by atoms with Gasteiger partial charge in [0.15, 0.2) is 0 Å². The smallest absolute Gasteiger partial charge is 0.234 e. The van der Waals surface area contributed by atoms with Crippen LogP contribution in [-0.2, 0) is 4.79 Å². The van der Waals surface area contributed by atoms with Gasteiger partial charge in [0.2, 0.25) is 5.91 Å². The van der Waals surface area contributed by atoms with Crippen LogP contribution < -0.4 is 10.6 Å². The van der Waals surface area contributed by atoms with Crippen molar-refractivity contribution in [2.24, 2.45) is 0 Å². The zero-order chi connectivity index (χ0) is 14.6. The van der Waals surface area contributed by atoms with E-state index in [-0.39, 0.29) is 29.8 Å². The van der Waals surface area contributed by atoms with Crippen LogP contribution in [0.4, 0.5) is 0 Å². The summed E-state index contributed by atoms with van der Waals surface area (Å²) in [7, 11) is 0. The molecule has 1 atom stereocenters. The molecule has 3 N–H and O–H groups in total. The summed E-state index contributed by atoms with van der Waals surface area (Å²) in [6.45, 7) is 9.92. The summed E-state index contributed by atoms with van der Waals surface area (Å²) in [5.41, 5.74) is 1.58. The minimum absolute atomic E-state index is 0.0500. The normalized spacial score (nSPS) is 13.1. The summed E-state index contributed by atoms with van der Waals surface area (Å²) >= 11 is 0. The first-order valence-electron chi connectivity index (χ1n) is 6.53. The van der Waals surface area contributed by atoms with E-state index >= 15 is 0 Å². The third-order valence-electron chi connectivity index (χ3n) is 2.74. The van der Waals surface area contributed by atoms with Gasteiger partial charge in [-0.1, -0.05) is 12.1 Å². The number of carbonyl (C=O) groups is 1. The number of amides is 1. The lowest BCUT2D eigenvalue weighted by atomic mass is 10.0. The molecule has 1 rings (SSSR count). The van der Waals surface area contributed by atoms with Gasteiger partial charge in [0.1, 0.15) is 5.75 Å². The maximum Gasteiger partial charge on any atom is 0.234 e. The molecule has 0 aliphatic carbocycles. The number of phenols is 1. The first kappa shape index (κ1) is 15.5. The Hall–Kier alpha value is -1.55. The molecule has 1 amide bonds. The molecule has 1 unspecified atom stereocenters. The van der Waals surface area contributed by atoms with Crippen LogP contribution in [0.25, 0.3) is 0 Å². The predicted molar refractivity (Wildman–Crippen MR) is 77.2 cm³/mol. The first-order chi connectivity index (χ1) is 8.69. The number of nitrogens with one attached hydrogen (secondary N) is 2. The average molecular weight is 264 g/mol. The fraction of sp³-hybridized carbons (Fsp3) is 0.533. The first-order valence-corrected chi connectivity index (χ1v) is 6.53. The molecule has 0 aromatic heterocycles. The van der Waals surface area contributed by atoms with Crippen molar-refractivity contribution in [1.82, 2.24) is 10.6 Å². The number of rotatable bonds is 4. The molecule has 0 aliphatic rings. The van der Waals surface area contributed by atoms with Crippen molar-refractivity contribution in [2.45, 2.75) is 46.2 Å². The van der Waals surface area contributed by atoms with Crippen LogP contribution in [0.3, 0.4) is 0 Å². The summed E-state index contributed by atoms with van der Waals surface area (Å²) in [5, 5.41) is 15.9. The fourth-order valence-corrected chi connectivity index (χ4v) is 1.84. The molecular weight excluding hydrogens is 240 g/mol. The largest absolute Gasteiger partial charge is 0.508 e. The molecular formula is C15H24N2O2. The van der Waals surface area contributed by atoms with E-state index in [0.717, 1.165) is 11.1 Å². The van der Waals surface area contributed by atoms with Crippen LogP contribution in [0.1, 0.15) is 44.9 Å². The van der Waals surface area contributed by atoms with Crippen LogP contribution in [0.15, 0.2) is 18.2 Å². The van der Waals surface area contributed by atoms with Crippen LogP contribution in [0.2, 0.25) is 0 Å². The molecule has 1 aromatic rings. The lowest BCUT2D eigenvalue weighted by Gasteiger charge is -2.22. The summed E-state index contributed by atoms with van der Waals surface area (Å²) in [5.74, 6) is 0.210. The lowest BCUT2D eigenvalue weighted by Crippen LogP contribution is -2.45. The van der Waals surface area contributed by atoms with Gasteiger partial charge >= 0.3 is 0 Å². The summed E-state index contributed by atoms with van der Waals surface area (Å²) in [6, 6.07) is 5.47. The van der Waals surface area contributed by atoms with Crippen LogP contribution in [-0.4, -0.2) is 23.1 Å². The van der Waals surface area contributed by atoms with Crippen molar-refractivity contribution in [3.63, 3.8) is 0 Å². The topological polar surface area (TPSA) is 61.4 Å². The van der Waals surface area contributed by atoms with E-state index in [9.17, 15) is 9.90 Å². The van der Waals surface area contributed by atoms with Crippen LogP contribution in [0, 0.1) is 6.92 Å². The molecule has 0 saturated carbocycles. The van der Waals surface area contributed by atoms with Crippen molar-refractivity contribution < 1.29 is 9.90 Å². The highest BCUT2D eigenvalue weighted by molar-refractivity contribution is 5.78. The number of hydrogen-bond donors (Lipinski definition) is 3. The third-order valence-corrected chi connectivity index (χ3v) is 2.74. The SMILES string of the molecule is Cc1ccc(C(C)NCC(=O)NC(C)(C)C)c(O)c1. The molecule has 0 spiro atoms. The van der Waals surface area contributed by atoms with Gasteiger partial charge in [-0.2, -0.15) is 0 Å². The van der Waals surface area contributed by atoms with E-state index in [0.29, 0.717) is 0 Å². The maximum absolute atomic E-state index is 11.7. The quantitative estimate of drug-likeness (QED) is 0.781. The molecule has 1 aromatic carbocycles. The highest BCUT2D eigenvalue weighted by Gasteiger charge is 2.15. The second kappa shape index (κ2) is 6.06. The van der Waals surface area contributed by atoms with Gasteiger partial charge in [0.25, 0.3) is 0 Å². The number of aromatic hydroxyl groups is 1. The molecule has 0 heterocycles. The third kappa shape index (κ3) is 5.30. The standard InChI is InChI=1S/C15H24N2O2/c1-10-6-7-12(13(18)8-10)11(2)16-9-14(19)17-15(3,4)5/h6-8,11,16,18H,9H2,1-5H3,(H,17,19). The zero-order valence-electron chi connectivity index (χ0n) is 12.4. The average Bonchev–Trinajstić information content (AvgIpc) is 2.23. The Balaban J connectivity index is 2.56. The van der Waals surface area contributed by atoms with E-state index < -0.39 is 0 Å². The van der Waals surface area contributed by atoms with Crippen LogP contribution >= 0.6 is 0 Å². The van der Waals surface area contributed by atoms with Gasteiger partial charge in [-0.25, -0.2) is 0 Å². The Bertz CT molecular complexity index is 450. The minimum atomic E-state index is -0.228. The number of phenolic OH excluding ortho intramolecular Hbond substituents is 1. The van der Waals surface area contributed by atoms with Crippen molar-refractivity contribution in [1.29, 1.82) is 0 Å². The van der Waals surface area contributed by atoms with E-state index in [1.165, 1.54) is 0 Å². The second-order valence-electron chi connectivity index (χ2n) is 5.96. The van der Waals surface area contributed by atoms with Crippen LogP contribution in [0.5, 0.6) is 5.75 Å². The Kier molecular flexibility index (Phi) is 4.95. The second-order valence-corrected chi connectivity index (χ2v) is 5.96. The molecule has 0 bridgehead atoms. The van der Waals surface area contributed by atoms with E-state index in [2.05, 4.69) is 10.6 Å². The number of aryl methyl sites for hydroxylation is 1. The van der Waals surface area contributed by atoms with Crippen molar-refractivity contribution in [3.8, 4) is 5.75 Å². The molecule has 0 fully saturated rings. The Morgan fingerprint density at radius 2 is 2.00 bits per heavy atom. The summed E-state index contributed by atoms with van der Waals surface area (Å²) in [4.78, 5) is 11.7. The number of carbonyl (C=O) groups excluding carboxylic acids is 1. The van der Waals surface area contributed by atoms with Gasteiger partial charge in [-0.15, -0.1) is 0 Å². The zero-order valence-corrected chi connectivity index (χ0v) is 12.4. The predicted octanol–water partition coefficient (Wildman–Crippen LogP) is 2.27. The van der Waals surface area contributed by atoms with Gasteiger partial charge in [0.05, 0.1) is 6.54 Å². The fourth-order valence-electron chi connectivity index (χ4n) is 1.84. The number of hydrogen-bond acceptors (Lipinski definition) is 3. The molecule has 0 saturated heterocycles. The highest BCUT2D eigenvalue weighted by Crippen LogP contribution is 2.24. The summed E-state index contributed by atoms with van der Waals surface area (Å²) in [6.07, 6.45) is 0.